The quantitative estimate of drug-likeness (QED) is 0.0482. The Bertz CT molecular complexity index is 1420. The van der Waals surface area contributed by atoms with Gasteiger partial charge in [-0.2, -0.15) is 5.26 Å². The molecule has 0 radical (unpaired) electrons. The highest BCUT2D eigenvalue weighted by molar-refractivity contribution is 6.30. The third-order valence-corrected chi connectivity index (χ3v) is 10.2. The average molecular weight is 706 g/mol. The van der Waals surface area contributed by atoms with E-state index in [0.29, 0.717) is 23.8 Å². The lowest BCUT2D eigenvalue weighted by atomic mass is 9.80. The van der Waals surface area contributed by atoms with Gasteiger partial charge in [-0.3, -0.25) is 0 Å². The molecule has 0 bridgehead atoms. The van der Waals surface area contributed by atoms with Crippen molar-refractivity contribution in [2.75, 3.05) is 6.61 Å². The zero-order chi connectivity index (χ0) is 35.8. The first-order valence-electron chi connectivity index (χ1n) is 19.8. The monoisotopic (exact) mass is 705 g/mol. The molecule has 4 heteroatoms. The maximum absolute atomic E-state index is 9.50. The Hall–Kier alpha value is -3.42. The number of hydrogen-bond donors (Lipinski definition) is 0. The third kappa shape index (κ3) is 13.9. The molecule has 0 amide bonds. The summed E-state index contributed by atoms with van der Waals surface area (Å²) in [4.78, 5) is 0. The molecule has 0 saturated carbocycles. The van der Waals surface area contributed by atoms with E-state index in [1.54, 1.807) is 6.07 Å². The largest absolute Gasteiger partial charge is 0.371 e. The van der Waals surface area contributed by atoms with E-state index in [0.717, 1.165) is 35.1 Å². The molecule has 4 aromatic carbocycles. The molecule has 0 heterocycles. The van der Waals surface area contributed by atoms with Crippen molar-refractivity contribution in [3.8, 4) is 6.07 Å². The van der Waals surface area contributed by atoms with E-state index in [9.17, 15) is 5.26 Å². The number of unbranched alkanes of at least 4 members (excludes halogenated alkanes) is 15. The van der Waals surface area contributed by atoms with E-state index in [1.165, 1.54) is 96.3 Å². The molecule has 0 saturated heterocycles. The molecule has 0 fully saturated rings. The fourth-order valence-electron chi connectivity index (χ4n) is 7.13. The fraction of sp³-hybridized carbons (Fsp3) is 0.468. The van der Waals surface area contributed by atoms with Crippen molar-refractivity contribution >= 4 is 11.6 Å². The first-order valence-corrected chi connectivity index (χ1v) is 20.1. The van der Waals surface area contributed by atoms with E-state index in [2.05, 4.69) is 85.8 Å². The van der Waals surface area contributed by atoms with Gasteiger partial charge in [0, 0.05) is 5.02 Å². The predicted molar refractivity (Wildman–Crippen MR) is 214 cm³/mol. The summed E-state index contributed by atoms with van der Waals surface area (Å²) in [6, 6.07) is 39.2. The van der Waals surface area contributed by atoms with Gasteiger partial charge in [0.25, 0.3) is 0 Å². The molecular formula is C47H60ClNO2. The Balaban J connectivity index is 1.34. The van der Waals surface area contributed by atoms with E-state index in [-0.39, 0.29) is 6.10 Å². The predicted octanol–water partition coefficient (Wildman–Crippen LogP) is 13.8. The van der Waals surface area contributed by atoms with Gasteiger partial charge in [-0.15, -0.1) is 0 Å². The van der Waals surface area contributed by atoms with Gasteiger partial charge < -0.3 is 9.47 Å². The second kappa shape index (κ2) is 23.9. The number of rotatable bonds is 26. The molecule has 0 aliphatic rings. The highest BCUT2D eigenvalue weighted by atomic mass is 35.5. The van der Waals surface area contributed by atoms with Crippen LogP contribution in [0.25, 0.3) is 0 Å². The first kappa shape index (κ1) is 40.4. The molecule has 0 N–H and O–H groups in total. The highest BCUT2D eigenvalue weighted by Crippen LogP contribution is 2.41. The summed E-state index contributed by atoms with van der Waals surface area (Å²) in [6.07, 6.45) is 22.3. The number of hydrogen-bond acceptors (Lipinski definition) is 3. The molecule has 0 unspecified atom stereocenters. The lowest BCUT2D eigenvalue weighted by Crippen LogP contribution is -2.36. The molecule has 0 aromatic heterocycles. The fourth-order valence-corrected chi connectivity index (χ4v) is 7.39. The Morgan fingerprint density at radius 1 is 0.588 bits per heavy atom. The van der Waals surface area contributed by atoms with Crippen molar-refractivity contribution in [2.24, 2.45) is 0 Å². The lowest BCUT2D eigenvalue weighted by Gasteiger charge is -2.37. The molecule has 0 spiro atoms. The Morgan fingerprint density at radius 3 is 1.45 bits per heavy atom. The van der Waals surface area contributed by atoms with Crippen LogP contribution in [0.3, 0.4) is 0 Å². The molecule has 51 heavy (non-hydrogen) atoms. The molecule has 0 aliphatic heterocycles. The van der Waals surface area contributed by atoms with Gasteiger partial charge in [0.1, 0.15) is 5.60 Å². The van der Waals surface area contributed by atoms with Gasteiger partial charge in [-0.05, 0) is 46.9 Å². The summed E-state index contributed by atoms with van der Waals surface area (Å²) in [6.45, 7) is 3.08. The standard InChI is InChI=1S/C47H60ClNO2/c1-2-3-4-5-6-7-8-9-10-11-12-13-14-15-16-26-33-46(50-38-41-34-40(37-49)35-45(48)36-41)39-51-47(42-27-20-17-21-28-42,43-29-22-18-23-30-43)44-31-24-19-25-32-44/h17-25,27-32,34-36,46H,2-16,26,33,38-39H2,1H3/t46-/m1/s1. The molecule has 3 nitrogen and oxygen atoms in total. The number of benzene rings is 4. The van der Waals surface area contributed by atoms with Gasteiger partial charge >= 0.3 is 0 Å². The van der Waals surface area contributed by atoms with Gasteiger partial charge in [0.15, 0.2) is 0 Å². The van der Waals surface area contributed by atoms with Crippen LogP contribution in [0.15, 0.2) is 109 Å². The Labute approximate surface area is 314 Å². The molecular weight excluding hydrogens is 646 g/mol. The van der Waals surface area contributed by atoms with Crippen LogP contribution < -0.4 is 0 Å². The van der Waals surface area contributed by atoms with E-state index < -0.39 is 5.60 Å². The van der Waals surface area contributed by atoms with Crippen LogP contribution in [0.2, 0.25) is 5.02 Å². The van der Waals surface area contributed by atoms with Gasteiger partial charge in [0.05, 0.1) is 31.0 Å². The number of ether oxygens (including phenoxy) is 2. The molecule has 272 valence electrons. The van der Waals surface area contributed by atoms with Gasteiger partial charge in [-0.25, -0.2) is 0 Å². The molecule has 1 atom stereocenters. The zero-order valence-electron chi connectivity index (χ0n) is 31.0. The summed E-state index contributed by atoms with van der Waals surface area (Å²) >= 11 is 6.35. The average Bonchev–Trinajstić information content (AvgIpc) is 3.17. The topological polar surface area (TPSA) is 42.2 Å². The van der Waals surface area contributed by atoms with Crippen molar-refractivity contribution in [2.45, 2.75) is 134 Å². The van der Waals surface area contributed by atoms with Crippen molar-refractivity contribution in [1.82, 2.24) is 0 Å². The van der Waals surface area contributed by atoms with Crippen LogP contribution in [-0.2, 0) is 21.7 Å². The van der Waals surface area contributed by atoms with Crippen LogP contribution in [0, 0.1) is 11.3 Å². The van der Waals surface area contributed by atoms with Gasteiger partial charge in [0.2, 0.25) is 0 Å². The van der Waals surface area contributed by atoms with Crippen molar-refractivity contribution in [3.63, 3.8) is 0 Å². The van der Waals surface area contributed by atoms with Crippen molar-refractivity contribution < 1.29 is 9.47 Å². The van der Waals surface area contributed by atoms with Crippen LogP contribution in [0.1, 0.15) is 144 Å². The SMILES string of the molecule is CCCCCCCCCCCCCCCCCC[C@H](COC(c1ccccc1)(c1ccccc1)c1ccccc1)OCc1cc(Cl)cc(C#N)c1. The maximum atomic E-state index is 9.50. The Kier molecular flexibility index (Phi) is 18.9. The first-order chi connectivity index (χ1) is 25.2. The summed E-state index contributed by atoms with van der Waals surface area (Å²) in [7, 11) is 0. The minimum absolute atomic E-state index is 0.128. The smallest absolute Gasteiger partial charge is 0.143 e. The second-order valence-electron chi connectivity index (χ2n) is 14.1. The Morgan fingerprint density at radius 2 is 1.02 bits per heavy atom. The zero-order valence-corrected chi connectivity index (χ0v) is 31.8. The molecule has 4 rings (SSSR count). The maximum Gasteiger partial charge on any atom is 0.143 e. The van der Waals surface area contributed by atoms with E-state index in [1.807, 2.05) is 30.3 Å². The second-order valence-corrected chi connectivity index (χ2v) is 14.5. The highest BCUT2D eigenvalue weighted by Gasteiger charge is 2.38. The van der Waals surface area contributed by atoms with E-state index in [4.69, 9.17) is 21.1 Å². The van der Waals surface area contributed by atoms with Crippen molar-refractivity contribution in [1.29, 1.82) is 5.26 Å². The summed E-state index contributed by atoms with van der Waals surface area (Å²) in [5.41, 5.74) is 3.88. The van der Waals surface area contributed by atoms with Crippen LogP contribution in [0.4, 0.5) is 0 Å². The van der Waals surface area contributed by atoms with Crippen LogP contribution in [-0.4, -0.2) is 12.7 Å². The molecule has 0 aliphatic carbocycles. The van der Waals surface area contributed by atoms with Crippen LogP contribution in [0.5, 0.6) is 0 Å². The number of nitriles is 1. The van der Waals surface area contributed by atoms with Crippen molar-refractivity contribution in [3.05, 3.63) is 142 Å². The van der Waals surface area contributed by atoms with Gasteiger partial charge in [-0.1, -0.05) is 212 Å². The summed E-state index contributed by atoms with van der Waals surface area (Å²) in [5, 5.41) is 10.1. The summed E-state index contributed by atoms with van der Waals surface area (Å²) in [5.74, 6) is 0. The minimum Gasteiger partial charge on any atom is -0.371 e. The number of halogens is 1. The van der Waals surface area contributed by atoms with Crippen LogP contribution >= 0.6 is 11.6 Å². The minimum atomic E-state index is -0.802. The number of nitrogens with zero attached hydrogens (tertiary/aromatic N) is 1. The lowest BCUT2D eigenvalue weighted by molar-refractivity contribution is -0.0731. The summed E-state index contributed by atoms with van der Waals surface area (Å²) < 4.78 is 13.8. The normalized spacial score (nSPS) is 12.1. The van der Waals surface area contributed by atoms with E-state index >= 15 is 0 Å². The molecule has 4 aromatic rings. The third-order valence-electron chi connectivity index (χ3n) is 9.98.